The highest BCUT2D eigenvalue weighted by Crippen LogP contribution is 2.20. The van der Waals surface area contributed by atoms with Crippen LogP contribution >= 0.6 is 0 Å². The Morgan fingerprint density at radius 3 is 2.29 bits per heavy atom. The second kappa shape index (κ2) is 3.81. The normalized spacial score (nSPS) is 8.71. The molecule has 0 amide bonds. The zero-order valence-electron chi connectivity index (χ0n) is 8.38. The van der Waals surface area contributed by atoms with E-state index in [1.165, 1.54) is 0 Å². The van der Waals surface area contributed by atoms with Crippen molar-refractivity contribution in [2.75, 3.05) is 0 Å². The molecule has 0 fully saturated rings. The first-order chi connectivity index (χ1) is 6.61. The molecule has 1 aromatic rings. The van der Waals surface area contributed by atoms with Gasteiger partial charge in [0.2, 0.25) is 0 Å². The minimum atomic E-state index is 0.599. The number of benzene rings is 1. The van der Waals surface area contributed by atoms with E-state index in [2.05, 4.69) is 17.1 Å². The summed E-state index contributed by atoms with van der Waals surface area (Å²) >= 11 is 0. The van der Waals surface area contributed by atoms with Crippen molar-refractivity contribution in [2.45, 2.75) is 20.8 Å². The largest absolute Gasteiger partial charge is 0.498 e. The molecule has 0 unspecified atom stereocenters. The van der Waals surface area contributed by atoms with Crippen LogP contribution in [-0.2, 0) is 0 Å². The molecule has 14 heavy (non-hydrogen) atoms. The molecule has 3 heteroatoms. The van der Waals surface area contributed by atoms with Crippen LogP contribution in [0.4, 0.5) is 0 Å². The highest BCUT2D eigenvalue weighted by molar-refractivity contribution is 5.55. The van der Waals surface area contributed by atoms with Crippen molar-refractivity contribution in [3.8, 4) is 12.1 Å². The van der Waals surface area contributed by atoms with Crippen LogP contribution in [0.2, 0.25) is 0 Å². The minimum Gasteiger partial charge on any atom is -0.498 e. The smallest absolute Gasteiger partial charge is 0.337 e. The van der Waals surface area contributed by atoms with Gasteiger partial charge in [0.1, 0.15) is 5.56 Å². The van der Waals surface area contributed by atoms with Gasteiger partial charge in [-0.3, -0.25) is 0 Å². The van der Waals surface area contributed by atoms with Gasteiger partial charge in [-0.25, -0.2) is 0 Å². The summed E-state index contributed by atoms with van der Waals surface area (Å²) in [4.78, 5) is 0. The Kier molecular flexibility index (Phi) is 2.74. The molecule has 0 N–H and O–H groups in total. The fourth-order valence-electron chi connectivity index (χ4n) is 1.58. The maximum atomic E-state index is 10.1. The van der Waals surface area contributed by atoms with E-state index in [9.17, 15) is 5.21 Å². The third-order valence-electron chi connectivity index (χ3n) is 2.24. The summed E-state index contributed by atoms with van der Waals surface area (Å²) in [6, 6.07) is 6.33. The number of hydrogen-bond acceptors (Lipinski definition) is 2. The Bertz CT molecular complexity index is 473. The number of nitriles is 1. The molecule has 0 bridgehead atoms. The van der Waals surface area contributed by atoms with E-state index < -0.39 is 0 Å². The number of nitrogens with zero attached hydrogens (tertiary/aromatic N) is 2. The second-order valence-corrected chi connectivity index (χ2v) is 3.20. The first-order valence-electron chi connectivity index (χ1n) is 4.21. The summed E-state index contributed by atoms with van der Waals surface area (Å²) in [7, 11) is 0. The standard InChI is InChI=1S/C11H10N2O/c1-7-4-8(2)11(6-13-14)9(3)10(7)5-12/h4H,1-3H3. The van der Waals surface area contributed by atoms with Crippen LogP contribution in [-0.4, -0.2) is 0 Å². The monoisotopic (exact) mass is 186 g/mol. The Labute approximate surface area is 83.0 Å². The van der Waals surface area contributed by atoms with Gasteiger partial charge in [-0.1, -0.05) is 6.07 Å². The molecule has 0 radical (unpaired) electrons. The molecule has 0 spiro atoms. The fraction of sp³-hybridized carbons (Fsp3) is 0.273. The summed E-state index contributed by atoms with van der Waals surface area (Å²) in [5.41, 5.74) is 3.83. The summed E-state index contributed by atoms with van der Waals surface area (Å²) in [6.07, 6.45) is 0. The molecule has 0 saturated carbocycles. The number of aryl methyl sites for hydroxylation is 2. The summed E-state index contributed by atoms with van der Waals surface area (Å²) in [6.45, 7) is 5.54. The first-order valence-corrected chi connectivity index (χ1v) is 4.21. The van der Waals surface area contributed by atoms with Crippen LogP contribution in [0.25, 0.3) is 5.01 Å². The van der Waals surface area contributed by atoms with Crippen LogP contribution < -0.4 is 0 Å². The topological polar surface area (TPSA) is 51.2 Å². The molecule has 0 aliphatic heterocycles. The van der Waals surface area contributed by atoms with E-state index in [1.807, 2.05) is 19.9 Å². The first kappa shape index (κ1) is 10.1. The van der Waals surface area contributed by atoms with Crippen molar-refractivity contribution in [2.24, 2.45) is 0 Å². The van der Waals surface area contributed by atoms with Gasteiger partial charge in [0, 0.05) is 5.01 Å². The second-order valence-electron chi connectivity index (χ2n) is 3.20. The molecule has 0 aliphatic carbocycles. The summed E-state index contributed by atoms with van der Waals surface area (Å²) < 4.78 is 0. The average Bonchev–Trinajstić information content (AvgIpc) is 2.12. The third-order valence-corrected chi connectivity index (χ3v) is 2.24. The highest BCUT2D eigenvalue weighted by atomic mass is 16.4. The van der Waals surface area contributed by atoms with Gasteiger partial charge in [0.15, 0.2) is 0 Å². The molecule has 3 nitrogen and oxygen atoms in total. The van der Waals surface area contributed by atoms with E-state index in [0.29, 0.717) is 11.1 Å². The number of rotatable bonds is 0. The van der Waals surface area contributed by atoms with Crippen molar-refractivity contribution in [1.29, 1.82) is 5.26 Å². The van der Waals surface area contributed by atoms with E-state index in [0.717, 1.165) is 16.7 Å². The predicted octanol–water partition coefficient (Wildman–Crippen LogP) is 2.66. The zero-order valence-corrected chi connectivity index (χ0v) is 8.38. The summed E-state index contributed by atoms with van der Waals surface area (Å²) in [5, 5.41) is 21.6. The predicted molar refractivity (Wildman–Crippen MR) is 55.1 cm³/mol. The molecule has 1 aromatic carbocycles. The van der Waals surface area contributed by atoms with E-state index >= 15 is 0 Å². The van der Waals surface area contributed by atoms with Crippen LogP contribution in [0.1, 0.15) is 27.8 Å². The average molecular weight is 186 g/mol. The molecule has 0 saturated heterocycles. The van der Waals surface area contributed by atoms with Gasteiger partial charge in [0.05, 0.1) is 11.6 Å². The van der Waals surface area contributed by atoms with Crippen molar-refractivity contribution in [1.82, 2.24) is 0 Å². The van der Waals surface area contributed by atoms with Crippen molar-refractivity contribution in [3.05, 3.63) is 44.1 Å². The van der Waals surface area contributed by atoms with Gasteiger partial charge in [0.25, 0.3) is 0 Å². The minimum absolute atomic E-state index is 0.599. The van der Waals surface area contributed by atoms with E-state index in [1.54, 1.807) is 6.92 Å². The quantitative estimate of drug-likeness (QED) is 0.585. The molecular formula is C11H10N2O. The fourth-order valence-corrected chi connectivity index (χ4v) is 1.58. The van der Waals surface area contributed by atoms with E-state index in [-0.39, 0.29) is 0 Å². The van der Waals surface area contributed by atoms with Crippen LogP contribution in [0.5, 0.6) is 0 Å². The van der Waals surface area contributed by atoms with Gasteiger partial charge in [-0.05, 0) is 37.5 Å². The van der Waals surface area contributed by atoms with Crippen LogP contribution in [0.3, 0.4) is 0 Å². The maximum absolute atomic E-state index is 10.1. The van der Waals surface area contributed by atoms with Gasteiger partial charge >= 0.3 is 6.07 Å². The van der Waals surface area contributed by atoms with Crippen molar-refractivity contribution >= 4 is 0 Å². The SMILES string of the molecule is Cc1cc(C)c(C#[N+][O-])c(C)c1C#N. The lowest BCUT2D eigenvalue weighted by Gasteiger charge is -2.05. The Hall–Kier alpha value is -2.00. The molecular weight excluding hydrogens is 176 g/mol. The van der Waals surface area contributed by atoms with Crippen LogP contribution in [0, 0.1) is 43.4 Å². The molecule has 0 aliphatic rings. The lowest BCUT2D eigenvalue weighted by atomic mass is 9.95. The zero-order chi connectivity index (χ0) is 10.7. The number of hydrogen-bond donors (Lipinski definition) is 0. The summed E-state index contributed by atoms with van der Waals surface area (Å²) in [5.74, 6) is 0. The molecule has 0 atom stereocenters. The molecule has 0 heterocycles. The molecule has 0 aromatic heterocycles. The highest BCUT2D eigenvalue weighted by Gasteiger charge is 2.12. The van der Waals surface area contributed by atoms with Gasteiger partial charge < -0.3 is 5.21 Å². The lowest BCUT2D eigenvalue weighted by Crippen LogP contribution is -1.95. The van der Waals surface area contributed by atoms with Crippen molar-refractivity contribution in [3.63, 3.8) is 0 Å². The Morgan fingerprint density at radius 2 is 1.79 bits per heavy atom. The Morgan fingerprint density at radius 1 is 1.21 bits per heavy atom. The van der Waals surface area contributed by atoms with Crippen molar-refractivity contribution < 1.29 is 0 Å². The maximum Gasteiger partial charge on any atom is 0.337 e. The Balaban J connectivity index is 3.59. The lowest BCUT2D eigenvalue weighted by molar-refractivity contribution is 1.26. The van der Waals surface area contributed by atoms with Gasteiger partial charge in [-0.2, -0.15) is 5.26 Å². The van der Waals surface area contributed by atoms with E-state index in [4.69, 9.17) is 5.26 Å². The van der Waals surface area contributed by atoms with Crippen LogP contribution in [0.15, 0.2) is 6.07 Å². The van der Waals surface area contributed by atoms with Gasteiger partial charge in [-0.15, -0.1) is 0 Å². The third kappa shape index (κ3) is 1.53. The molecule has 70 valence electrons. The molecule has 1 rings (SSSR count).